The minimum absolute atomic E-state index is 0.00959. The van der Waals surface area contributed by atoms with Crippen LogP contribution in [-0.4, -0.2) is 38.8 Å². The highest BCUT2D eigenvalue weighted by molar-refractivity contribution is 5.74. The van der Waals surface area contributed by atoms with Gasteiger partial charge in [0, 0.05) is 19.6 Å². The normalized spacial score (nSPS) is 15.9. The summed E-state index contributed by atoms with van der Waals surface area (Å²) in [6.45, 7) is 5.03. The molecule has 1 saturated heterocycles. The third kappa shape index (κ3) is 2.95. The van der Waals surface area contributed by atoms with Gasteiger partial charge in [-0.1, -0.05) is 0 Å². The number of carbonyl (C=O) groups is 1. The summed E-state index contributed by atoms with van der Waals surface area (Å²) in [4.78, 5) is 13.7. The molecule has 17 heavy (non-hydrogen) atoms. The zero-order valence-corrected chi connectivity index (χ0v) is 10.2. The van der Waals surface area contributed by atoms with Gasteiger partial charge in [0.15, 0.2) is 5.82 Å². The Bertz CT molecular complexity index is 370. The molecule has 0 unspecified atom stereocenters. The Balaban J connectivity index is 1.83. The standard InChI is InChI=1S/C11H19N5O/c1-2-15-9-13-14-10(15)8-12-11(17)16-6-4-3-5-7-16/h9H,2-8H2,1H3,(H,12,17). The van der Waals surface area contributed by atoms with Crippen molar-refractivity contribution in [1.82, 2.24) is 25.0 Å². The van der Waals surface area contributed by atoms with Crippen molar-refractivity contribution in [2.24, 2.45) is 0 Å². The van der Waals surface area contributed by atoms with Gasteiger partial charge in [-0.3, -0.25) is 0 Å². The van der Waals surface area contributed by atoms with Gasteiger partial charge in [0.05, 0.1) is 6.54 Å². The molecule has 2 rings (SSSR count). The molecule has 1 fully saturated rings. The molecule has 2 heterocycles. The summed E-state index contributed by atoms with van der Waals surface area (Å²) >= 11 is 0. The number of nitrogens with one attached hydrogen (secondary N) is 1. The van der Waals surface area contributed by atoms with E-state index in [9.17, 15) is 4.79 Å². The molecule has 0 atom stereocenters. The number of urea groups is 1. The maximum Gasteiger partial charge on any atom is 0.317 e. The second-order valence-electron chi connectivity index (χ2n) is 4.24. The average Bonchev–Trinajstić information content (AvgIpc) is 2.84. The largest absolute Gasteiger partial charge is 0.331 e. The van der Waals surface area contributed by atoms with Gasteiger partial charge in [0.25, 0.3) is 0 Å². The van der Waals surface area contributed by atoms with Crippen LogP contribution in [0.2, 0.25) is 0 Å². The molecule has 6 nitrogen and oxygen atoms in total. The first-order valence-electron chi connectivity index (χ1n) is 6.20. The van der Waals surface area contributed by atoms with Crippen LogP contribution < -0.4 is 5.32 Å². The van der Waals surface area contributed by atoms with Gasteiger partial charge < -0.3 is 14.8 Å². The van der Waals surface area contributed by atoms with Gasteiger partial charge in [-0.2, -0.15) is 0 Å². The van der Waals surface area contributed by atoms with Crippen molar-refractivity contribution in [3.63, 3.8) is 0 Å². The minimum Gasteiger partial charge on any atom is -0.331 e. The zero-order valence-electron chi connectivity index (χ0n) is 10.2. The van der Waals surface area contributed by atoms with Gasteiger partial charge in [-0.15, -0.1) is 10.2 Å². The summed E-state index contributed by atoms with van der Waals surface area (Å²) < 4.78 is 1.93. The number of carbonyl (C=O) groups excluding carboxylic acids is 1. The highest BCUT2D eigenvalue weighted by Crippen LogP contribution is 2.08. The molecule has 2 amide bonds. The molecule has 1 N–H and O–H groups in total. The van der Waals surface area contributed by atoms with E-state index in [4.69, 9.17) is 0 Å². The summed E-state index contributed by atoms with van der Waals surface area (Å²) in [5, 5.41) is 10.7. The average molecular weight is 237 g/mol. The number of rotatable bonds is 3. The lowest BCUT2D eigenvalue weighted by Crippen LogP contribution is -2.42. The summed E-state index contributed by atoms with van der Waals surface area (Å²) in [5.74, 6) is 0.804. The van der Waals surface area contributed by atoms with E-state index >= 15 is 0 Å². The van der Waals surface area contributed by atoms with Crippen LogP contribution in [0.4, 0.5) is 4.79 Å². The number of piperidine rings is 1. The molecule has 94 valence electrons. The molecular weight excluding hydrogens is 218 g/mol. The number of amides is 2. The predicted molar refractivity (Wildman–Crippen MR) is 63.4 cm³/mol. The lowest BCUT2D eigenvalue weighted by Gasteiger charge is -2.26. The molecule has 0 aliphatic carbocycles. The number of likely N-dealkylation sites (tertiary alicyclic amines) is 1. The van der Waals surface area contributed by atoms with E-state index in [0.717, 1.165) is 38.3 Å². The first-order chi connectivity index (χ1) is 8.31. The second kappa shape index (κ2) is 5.65. The van der Waals surface area contributed by atoms with Gasteiger partial charge in [0.1, 0.15) is 6.33 Å². The van der Waals surface area contributed by atoms with Crippen LogP contribution in [0, 0.1) is 0 Å². The van der Waals surface area contributed by atoms with Gasteiger partial charge >= 0.3 is 6.03 Å². The lowest BCUT2D eigenvalue weighted by molar-refractivity contribution is 0.185. The van der Waals surface area contributed by atoms with Crippen LogP contribution in [0.15, 0.2) is 6.33 Å². The SMILES string of the molecule is CCn1cnnc1CNC(=O)N1CCCCC1. The van der Waals surface area contributed by atoms with Crippen molar-refractivity contribution in [3.05, 3.63) is 12.2 Å². The molecule has 1 aliphatic heterocycles. The summed E-state index contributed by atoms with van der Waals surface area (Å²) in [6.07, 6.45) is 5.13. The molecule has 0 spiro atoms. The minimum atomic E-state index is 0.00959. The Morgan fingerprint density at radius 2 is 2.18 bits per heavy atom. The lowest BCUT2D eigenvalue weighted by atomic mass is 10.1. The van der Waals surface area contributed by atoms with Crippen molar-refractivity contribution in [1.29, 1.82) is 0 Å². The van der Waals surface area contributed by atoms with Crippen LogP contribution in [0.1, 0.15) is 32.0 Å². The van der Waals surface area contributed by atoms with Crippen LogP contribution in [0.3, 0.4) is 0 Å². The number of aryl methyl sites for hydroxylation is 1. The highest BCUT2D eigenvalue weighted by atomic mass is 16.2. The van der Waals surface area contributed by atoms with Crippen molar-refractivity contribution < 1.29 is 4.79 Å². The molecule has 1 aromatic rings. The Hall–Kier alpha value is -1.59. The Morgan fingerprint density at radius 3 is 2.88 bits per heavy atom. The van der Waals surface area contributed by atoms with Gasteiger partial charge in [0.2, 0.25) is 0 Å². The maximum atomic E-state index is 11.9. The van der Waals surface area contributed by atoms with E-state index in [-0.39, 0.29) is 6.03 Å². The van der Waals surface area contributed by atoms with Crippen LogP contribution in [0.5, 0.6) is 0 Å². The zero-order chi connectivity index (χ0) is 12.1. The first-order valence-corrected chi connectivity index (χ1v) is 6.20. The number of aromatic nitrogens is 3. The molecule has 6 heteroatoms. The van der Waals surface area contributed by atoms with Gasteiger partial charge in [-0.05, 0) is 26.2 Å². The molecular formula is C11H19N5O. The Morgan fingerprint density at radius 1 is 1.41 bits per heavy atom. The molecule has 0 aromatic carbocycles. The molecule has 0 saturated carbocycles. The van der Waals surface area contributed by atoms with E-state index < -0.39 is 0 Å². The fourth-order valence-corrected chi connectivity index (χ4v) is 2.04. The van der Waals surface area contributed by atoms with Crippen molar-refractivity contribution in [2.75, 3.05) is 13.1 Å². The Kier molecular flexibility index (Phi) is 3.95. The van der Waals surface area contributed by atoms with Crippen molar-refractivity contribution in [2.45, 2.75) is 39.3 Å². The monoisotopic (exact) mass is 237 g/mol. The summed E-state index contributed by atoms with van der Waals surface area (Å²) in [5.41, 5.74) is 0. The predicted octanol–water partition coefficient (Wildman–Crippen LogP) is 0.993. The fraction of sp³-hybridized carbons (Fsp3) is 0.727. The van der Waals surface area contributed by atoms with Crippen molar-refractivity contribution >= 4 is 6.03 Å². The molecule has 1 aliphatic rings. The summed E-state index contributed by atoms with van der Waals surface area (Å²) in [7, 11) is 0. The first kappa shape index (κ1) is 11.9. The third-order valence-electron chi connectivity index (χ3n) is 3.08. The van der Waals surface area contributed by atoms with E-state index in [2.05, 4.69) is 15.5 Å². The number of hydrogen-bond acceptors (Lipinski definition) is 3. The maximum absolute atomic E-state index is 11.9. The quantitative estimate of drug-likeness (QED) is 0.852. The summed E-state index contributed by atoms with van der Waals surface area (Å²) in [6, 6.07) is 0.00959. The molecule has 0 radical (unpaired) electrons. The number of nitrogens with zero attached hydrogens (tertiary/aromatic N) is 4. The number of hydrogen-bond donors (Lipinski definition) is 1. The smallest absolute Gasteiger partial charge is 0.317 e. The van der Waals surface area contributed by atoms with E-state index in [1.54, 1.807) is 6.33 Å². The molecule has 1 aromatic heterocycles. The van der Waals surface area contributed by atoms with E-state index in [1.807, 2.05) is 16.4 Å². The van der Waals surface area contributed by atoms with E-state index in [1.165, 1.54) is 6.42 Å². The second-order valence-corrected chi connectivity index (χ2v) is 4.24. The molecule has 0 bridgehead atoms. The third-order valence-corrected chi connectivity index (χ3v) is 3.08. The highest BCUT2D eigenvalue weighted by Gasteiger charge is 2.16. The van der Waals surface area contributed by atoms with E-state index in [0.29, 0.717) is 6.54 Å². The fourth-order valence-electron chi connectivity index (χ4n) is 2.04. The van der Waals surface area contributed by atoms with Crippen LogP contribution in [-0.2, 0) is 13.1 Å². The van der Waals surface area contributed by atoms with Crippen LogP contribution in [0.25, 0.3) is 0 Å². The Labute approximate surface area is 101 Å². The van der Waals surface area contributed by atoms with Crippen molar-refractivity contribution in [3.8, 4) is 0 Å². The topological polar surface area (TPSA) is 63.1 Å². The van der Waals surface area contributed by atoms with Crippen LogP contribution >= 0.6 is 0 Å². The van der Waals surface area contributed by atoms with Gasteiger partial charge in [-0.25, -0.2) is 4.79 Å².